The number of hydrogen-bond acceptors (Lipinski definition) is 9. The Labute approximate surface area is 258 Å². The van der Waals surface area contributed by atoms with Crippen LogP contribution >= 0.6 is 21.6 Å². The summed E-state index contributed by atoms with van der Waals surface area (Å²) in [5.74, 6) is 3.66. The van der Waals surface area contributed by atoms with Gasteiger partial charge in [-0.25, -0.2) is 5.84 Å². The van der Waals surface area contributed by atoms with Crippen molar-refractivity contribution in [2.75, 3.05) is 18.1 Å². The number of fused-ring (bicyclic) bond motifs is 8. The van der Waals surface area contributed by atoms with E-state index >= 15 is 0 Å². The highest BCUT2D eigenvalue weighted by molar-refractivity contribution is 8.76. The van der Waals surface area contributed by atoms with Crippen molar-refractivity contribution < 1.29 is 28.7 Å². The zero-order chi connectivity index (χ0) is 30.9. The second-order valence-electron chi connectivity index (χ2n) is 10.8. The summed E-state index contributed by atoms with van der Waals surface area (Å²) in [6, 6.07) is 10.3. The van der Waals surface area contributed by atoms with E-state index in [0.717, 1.165) is 21.3 Å². The molecule has 1 saturated heterocycles. The number of benzene rings is 2. The molecule has 0 aliphatic carbocycles. The van der Waals surface area contributed by atoms with E-state index in [1.54, 1.807) is 19.9 Å². The maximum absolute atomic E-state index is 13.8. The highest BCUT2D eigenvalue weighted by Gasteiger charge is 2.36. The van der Waals surface area contributed by atoms with Crippen LogP contribution in [0.25, 0.3) is 10.8 Å². The molecule has 230 valence electrons. The van der Waals surface area contributed by atoms with Crippen LogP contribution in [0, 0.1) is 5.92 Å². The quantitative estimate of drug-likeness (QED) is 0.131. The number of hydrazine groups is 1. The fourth-order valence-corrected chi connectivity index (χ4v) is 6.99. The first-order valence-electron chi connectivity index (χ1n) is 14.2. The lowest BCUT2D eigenvalue weighted by Gasteiger charge is -2.32. The zero-order valence-electron chi connectivity index (χ0n) is 24.1. The first kappa shape index (κ1) is 32.4. The van der Waals surface area contributed by atoms with Gasteiger partial charge in [0.25, 0.3) is 5.91 Å². The van der Waals surface area contributed by atoms with Gasteiger partial charge in [0, 0.05) is 17.9 Å². The number of rotatable bonds is 3. The van der Waals surface area contributed by atoms with Crippen LogP contribution in [0.3, 0.4) is 0 Å². The van der Waals surface area contributed by atoms with Gasteiger partial charge in [-0.2, -0.15) is 0 Å². The molecule has 13 heteroatoms. The molecule has 1 fully saturated rings. The summed E-state index contributed by atoms with van der Waals surface area (Å²) in [5, 5.41) is 10.9. The average Bonchev–Trinajstić information content (AvgIpc) is 2.98. The van der Waals surface area contributed by atoms with Crippen molar-refractivity contribution in [1.29, 1.82) is 0 Å². The predicted octanol–water partition coefficient (Wildman–Crippen LogP) is 1.85. The van der Waals surface area contributed by atoms with Crippen LogP contribution in [-0.2, 0) is 35.1 Å². The van der Waals surface area contributed by atoms with Gasteiger partial charge >= 0.3 is 5.97 Å². The molecule has 5 N–H and O–H groups in total. The molecular formula is C30H37N5O6S2. The van der Waals surface area contributed by atoms with E-state index in [0.29, 0.717) is 12.2 Å². The van der Waals surface area contributed by atoms with Crippen molar-refractivity contribution in [2.45, 2.75) is 57.3 Å². The molecule has 2 heterocycles. The van der Waals surface area contributed by atoms with Crippen LogP contribution in [0.1, 0.15) is 32.3 Å². The van der Waals surface area contributed by atoms with Crippen molar-refractivity contribution in [3.05, 3.63) is 60.2 Å². The maximum Gasteiger partial charge on any atom is 0.326 e. The minimum atomic E-state index is -1.14. The molecule has 43 heavy (non-hydrogen) atoms. The Hall–Kier alpha value is -3.55. The van der Waals surface area contributed by atoms with Crippen molar-refractivity contribution in [2.24, 2.45) is 11.8 Å². The largest absolute Gasteiger partial charge is 0.456 e. The summed E-state index contributed by atoms with van der Waals surface area (Å²) in [6.45, 7) is 3.05. The highest BCUT2D eigenvalue weighted by atomic mass is 33.1. The molecule has 0 spiro atoms. The fraction of sp³-hybridized carbons (Fsp3) is 0.433. The molecule has 2 bridgehead atoms. The Balaban J connectivity index is 1.71. The number of amides is 4. The van der Waals surface area contributed by atoms with Gasteiger partial charge in [-0.05, 0) is 34.8 Å². The molecule has 2 aliphatic heterocycles. The van der Waals surface area contributed by atoms with E-state index in [1.165, 1.54) is 21.6 Å². The number of nitrogens with one attached hydrogen (secondary N) is 3. The second kappa shape index (κ2) is 15.3. The highest BCUT2D eigenvalue weighted by Crippen LogP contribution is 2.25. The molecule has 4 amide bonds. The lowest BCUT2D eigenvalue weighted by atomic mass is 10.0. The van der Waals surface area contributed by atoms with E-state index in [-0.39, 0.29) is 24.5 Å². The summed E-state index contributed by atoms with van der Waals surface area (Å²) in [5.41, 5.74) is 0.789. The van der Waals surface area contributed by atoms with Crippen LogP contribution in [0.4, 0.5) is 0 Å². The van der Waals surface area contributed by atoms with Crippen molar-refractivity contribution in [3.63, 3.8) is 0 Å². The van der Waals surface area contributed by atoms with E-state index in [1.807, 2.05) is 48.5 Å². The van der Waals surface area contributed by atoms with Gasteiger partial charge in [0.1, 0.15) is 30.8 Å². The molecule has 2 aliphatic rings. The van der Waals surface area contributed by atoms with E-state index in [2.05, 4.69) is 16.0 Å². The van der Waals surface area contributed by atoms with Gasteiger partial charge in [0.2, 0.25) is 17.7 Å². The third-order valence-electron chi connectivity index (χ3n) is 7.13. The number of carbonyl (C=O) groups excluding carboxylic acids is 5. The molecule has 2 aromatic rings. The molecule has 0 aromatic heterocycles. The summed E-state index contributed by atoms with van der Waals surface area (Å²) in [4.78, 5) is 66.5. The number of nitrogens with zero attached hydrogens (tertiary/aromatic N) is 1. The first-order chi connectivity index (χ1) is 20.6. The normalized spacial score (nSPS) is 25.9. The molecule has 4 atom stereocenters. The van der Waals surface area contributed by atoms with E-state index in [9.17, 15) is 24.0 Å². The Kier molecular flexibility index (Phi) is 11.5. The smallest absolute Gasteiger partial charge is 0.326 e. The summed E-state index contributed by atoms with van der Waals surface area (Å²) < 4.78 is 5.53. The Morgan fingerprint density at radius 1 is 1.00 bits per heavy atom. The fourth-order valence-electron chi connectivity index (χ4n) is 4.78. The predicted molar refractivity (Wildman–Crippen MR) is 167 cm³/mol. The zero-order valence-corrected chi connectivity index (χ0v) is 25.7. The Morgan fingerprint density at radius 3 is 2.53 bits per heavy atom. The standard InChI is InChI=1S/C30H37N5O6S2/c1-18(2)27-30(40)35(31)24-17-43-42-12-6-5-9-22(15-25(36)34-27)41-26(37)16-32-28(38)23(33-29(24)39)14-19-10-11-20-7-3-4-8-21(20)13-19/h3-5,7-11,13,18,22-24,27H,6,12,14-17,31H2,1-2H3,(H,32,38)(H,33,39)(H,34,36)/b9-5+/t22-,23-,24-,27-/m1/s1. The molecule has 0 unspecified atom stereocenters. The number of nitrogens with two attached hydrogens (primary N) is 1. The number of allylic oxidation sites excluding steroid dienone is 1. The van der Waals surface area contributed by atoms with Crippen molar-refractivity contribution in [3.8, 4) is 0 Å². The number of carbonyl (C=O) groups is 5. The molecule has 0 radical (unpaired) electrons. The number of esters is 1. The molecule has 4 rings (SSSR count). The SMILES string of the molecule is CC(C)[C@H]1NC(=O)C[C@H]2/C=C/CCSSC[C@H](C(=O)N[C@H](Cc3ccc4ccccc4c3)C(=O)NCC(=O)O2)N(N)C1=O. The lowest BCUT2D eigenvalue weighted by molar-refractivity contribution is -0.149. The first-order valence-corrected chi connectivity index (χ1v) is 16.6. The van der Waals surface area contributed by atoms with Gasteiger partial charge < -0.3 is 20.7 Å². The lowest BCUT2D eigenvalue weighted by Crippen LogP contribution is -2.62. The van der Waals surface area contributed by atoms with Gasteiger partial charge in [-0.1, -0.05) is 84.0 Å². The van der Waals surface area contributed by atoms with Gasteiger partial charge in [0.15, 0.2) is 0 Å². The molecule has 2 aromatic carbocycles. The van der Waals surface area contributed by atoms with Crippen LogP contribution < -0.4 is 21.8 Å². The maximum atomic E-state index is 13.8. The topological polar surface area (TPSA) is 160 Å². The summed E-state index contributed by atoms with van der Waals surface area (Å²) in [6.07, 6.45) is 3.07. The van der Waals surface area contributed by atoms with Crippen LogP contribution in [-0.4, -0.2) is 76.9 Å². The van der Waals surface area contributed by atoms with Gasteiger partial charge in [-0.15, -0.1) is 0 Å². The minimum Gasteiger partial charge on any atom is -0.456 e. The molecule has 11 nitrogen and oxygen atoms in total. The number of hydrogen-bond donors (Lipinski definition) is 4. The second-order valence-corrected chi connectivity index (χ2v) is 13.4. The third kappa shape index (κ3) is 8.97. The summed E-state index contributed by atoms with van der Waals surface area (Å²) in [7, 11) is 2.87. The summed E-state index contributed by atoms with van der Waals surface area (Å²) >= 11 is 0. The van der Waals surface area contributed by atoms with Crippen molar-refractivity contribution in [1.82, 2.24) is 21.0 Å². The monoisotopic (exact) mass is 627 g/mol. The third-order valence-corrected chi connectivity index (χ3v) is 9.56. The van der Waals surface area contributed by atoms with E-state index < -0.39 is 60.4 Å². The molecular weight excluding hydrogens is 590 g/mol. The van der Waals surface area contributed by atoms with Crippen LogP contribution in [0.2, 0.25) is 0 Å². The average molecular weight is 628 g/mol. The van der Waals surface area contributed by atoms with Crippen molar-refractivity contribution >= 4 is 62.0 Å². The van der Waals surface area contributed by atoms with Gasteiger partial charge in [-0.3, -0.25) is 29.0 Å². The van der Waals surface area contributed by atoms with E-state index in [4.69, 9.17) is 10.6 Å². The van der Waals surface area contributed by atoms with Crippen LogP contribution in [0.5, 0.6) is 0 Å². The van der Waals surface area contributed by atoms with Crippen LogP contribution in [0.15, 0.2) is 54.6 Å². The minimum absolute atomic E-state index is 0.126. The Bertz CT molecular complexity index is 1390. The Morgan fingerprint density at radius 2 is 1.77 bits per heavy atom. The molecule has 0 saturated carbocycles. The number of ether oxygens (including phenoxy) is 1. The van der Waals surface area contributed by atoms with Gasteiger partial charge in [0.05, 0.1) is 6.42 Å².